The number of halogens is 3. The molecule has 2 aromatic rings. The van der Waals surface area contributed by atoms with Crippen LogP contribution in [0, 0.1) is 0 Å². The molecule has 136 valence electrons. The van der Waals surface area contributed by atoms with Crippen molar-refractivity contribution in [1.82, 2.24) is 9.29 Å². The molecule has 0 aliphatic heterocycles. The van der Waals surface area contributed by atoms with Crippen LogP contribution in [-0.2, 0) is 16.2 Å². The van der Waals surface area contributed by atoms with E-state index in [9.17, 15) is 21.6 Å². The first-order chi connectivity index (χ1) is 11.7. The third-order valence-electron chi connectivity index (χ3n) is 3.57. The fourth-order valence-corrected chi connectivity index (χ4v) is 3.70. The van der Waals surface area contributed by atoms with Crippen LogP contribution in [0.25, 0.3) is 0 Å². The summed E-state index contributed by atoms with van der Waals surface area (Å²) in [5.74, 6) is 0.121. The molecule has 1 N–H and O–H groups in total. The van der Waals surface area contributed by atoms with Gasteiger partial charge in [-0.1, -0.05) is 26.0 Å². The van der Waals surface area contributed by atoms with Crippen LogP contribution < -0.4 is 5.32 Å². The Morgan fingerprint density at radius 2 is 1.72 bits per heavy atom. The third-order valence-corrected chi connectivity index (χ3v) is 5.61. The van der Waals surface area contributed by atoms with E-state index in [2.05, 4.69) is 10.3 Å². The minimum atomic E-state index is -4.50. The lowest BCUT2D eigenvalue weighted by Crippen LogP contribution is -2.30. The second-order valence-electron chi connectivity index (χ2n) is 5.14. The second kappa shape index (κ2) is 7.40. The van der Waals surface area contributed by atoms with Gasteiger partial charge in [0.25, 0.3) is 0 Å². The van der Waals surface area contributed by atoms with Gasteiger partial charge in [-0.05, 0) is 24.3 Å². The summed E-state index contributed by atoms with van der Waals surface area (Å²) in [4.78, 5) is 3.92. The number of pyridine rings is 1. The summed E-state index contributed by atoms with van der Waals surface area (Å²) in [6, 6.07) is 7.66. The van der Waals surface area contributed by atoms with Crippen LogP contribution in [-0.4, -0.2) is 30.8 Å². The van der Waals surface area contributed by atoms with Crippen molar-refractivity contribution in [3.63, 3.8) is 0 Å². The van der Waals surface area contributed by atoms with Gasteiger partial charge in [-0.3, -0.25) is 0 Å². The minimum absolute atomic E-state index is 0.00847. The summed E-state index contributed by atoms with van der Waals surface area (Å²) >= 11 is 0. The minimum Gasteiger partial charge on any atom is -0.340 e. The number of nitrogens with zero attached hydrogens (tertiary/aromatic N) is 2. The summed E-state index contributed by atoms with van der Waals surface area (Å²) < 4.78 is 65.0. The van der Waals surface area contributed by atoms with Gasteiger partial charge in [0.05, 0.1) is 11.3 Å². The molecule has 0 aliphatic rings. The van der Waals surface area contributed by atoms with Crippen LogP contribution in [0.15, 0.2) is 47.5 Å². The molecule has 2 rings (SSSR count). The highest BCUT2D eigenvalue weighted by Gasteiger charge is 2.33. The van der Waals surface area contributed by atoms with E-state index in [-0.39, 0.29) is 16.4 Å². The van der Waals surface area contributed by atoms with E-state index < -0.39 is 21.8 Å². The Balaban J connectivity index is 2.28. The maximum atomic E-state index is 13.0. The highest BCUT2D eigenvalue weighted by Crippen LogP contribution is 2.35. The maximum Gasteiger partial charge on any atom is 0.418 e. The number of nitrogens with one attached hydrogen (secondary N) is 1. The van der Waals surface area contributed by atoms with Crippen molar-refractivity contribution < 1.29 is 21.6 Å². The molecule has 0 fully saturated rings. The first-order valence-corrected chi connectivity index (χ1v) is 9.03. The average Bonchev–Trinajstić information content (AvgIpc) is 2.56. The summed E-state index contributed by atoms with van der Waals surface area (Å²) in [5, 5.41) is 2.58. The largest absolute Gasteiger partial charge is 0.418 e. The number of sulfonamides is 1. The van der Waals surface area contributed by atoms with Crippen molar-refractivity contribution >= 4 is 21.5 Å². The van der Waals surface area contributed by atoms with Gasteiger partial charge in [0.1, 0.15) is 10.7 Å². The van der Waals surface area contributed by atoms with Crippen LogP contribution in [0.5, 0.6) is 0 Å². The number of hydrogen-bond acceptors (Lipinski definition) is 4. The number of anilines is 2. The number of aromatic nitrogens is 1. The quantitative estimate of drug-likeness (QED) is 0.835. The Hall–Kier alpha value is -2.13. The molecule has 0 amide bonds. The zero-order valence-electron chi connectivity index (χ0n) is 13.7. The molecular weight excluding hydrogens is 355 g/mol. The van der Waals surface area contributed by atoms with Gasteiger partial charge < -0.3 is 5.32 Å². The highest BCUT2D eigenvalue weighted by molar-refractivity contribution is 7.89. The lowest BCUT2D eigenvalue weighted by Gasteiger charge is -2.18. The van der Waals surface area contributed by atoms with E-state index in [1.54, 1.807) is 13.8 Å². The summed E-state index contributed by atoms with van der Waals surface area (Å²) in [6.07, 6.45) is -3.37. The molecule has 1 aromatic heterocycles. The molecule has 25 heavy (non-hydrogen) atoms. The predicted molar refractivity (Wildman–Crippen MR) is 89.1 cm³/mol. The van der Waals surface area contributed by atoms with Crippen molar-refractivity contribution in [1.29, 1.82) is 0 Å². The first-order valence-electron chi connectivity index (χ1n) is 7.59. The molecule has 0 saturated heterocycles. The van der Waals surface area contributed by atoms with Crippen molar-refractivity contribution in [2.75, 3.05) is 18.4 Å². The van der Waals surface area contributed by atoms with E-state index >= 15 is 0 Å². The Bertz CT molecular complexity index is 817. The number of para-hydroxylation sites is 1. The lowest BCUT2D eigenvalue weighted by atomic mass is 10.1. The predicted octanol–water partition coefficient (Wildman–Crippen LogP) is 3.87. The Kier molecular flexibility index (Phi) is 5.69. The van der Waals surface area contributed by atoms with E-state index in [0.717, 1.165) is 12.3 Å². The molecule has 0 unspecified atom stereocenters. The molecule has 0 atom stereocenters. The summed E-state index contributed by atoms with van der Waals surface area (Å²) in [7, 11) is -3.66. The van der Waals surface area contributed by atoms with Gasteiger partial charge in [-0.15, -0.1) is 0 Å². The van der Waals surface area contributed by atoms with Crippen LogP contribution in [0.4, 0.5) is 24.7 Å². The topological polar surface area (TPSA) is 62.3 Å². The Morgan fingerprint density at radius 1 is 1.08 bits per heavy atom. The van der Waals surface area contributed by atoms with Crippen LogP contribution in [0.1, 0.15) is 19.4 Å². The molecular formula is C16H18F3N3O2S. The second-order valence-corrected chi connectivity index (χ2v) is 7.07. The molecule has 5 nitrogen and oxygen atoms in total. The smallest absolute Gasteiger partial charge is 0.340 e. The van der Waals surface area contributed by atoms with Gasteiger partial charge in [-0.25, -0.2) is 13.4 Å². The fraction of sp³-hybridized carbons (Fsp3) is 0.312. The third kappa shape index (κ3) is 4.29. The summed E-state index contributed by atoms with van der Waals surface area (Å²) in [6.45, 7) is 4.08. The van der Waals surface area contributed by atoms with Gasteiger partial charge >= 0.3 is 6.18 Å². The number of benzene rings is 1. The SMILES string of the molecule is CCN(CC)S(=O)(=O)c1ccc(Nc2ccccc2C(F)(F)F)nc1. The van der Waals surface area contributed by atoms with E-state index in [1.807, 2.05) is 0 Å². The molecule has 0 radical (unpaired) electrons. The van der Waals surface area contributed by atoms with E-state index in [1.165, 1.54) is 34.6 Å². The van der Waals surface area contributed by atoms with Crippen LogP contribution in [0.3, 0.4) is 0 Å². The van der Waals surface area contributed by atoms with Gasteiger partial charge in [0, 0.05) is 19.3 Å². The average molecular weight is 373 g/mol. The molecule has 1 heterocycles. The van der Waals surface area contributed by atoms with E-state index in [0.29, 0.717) is 13.1 Å². The maximum absolute atomic E-state index is 13.0. The lowest BCUT2D eigenvalue weighted by molar-refractivity contribution is -0.136. The number of hydrogen-bond donors (Lipinski definition) is 1. The van der Waals surface area contributed by atoms with Crippen molar-refractivity contribution in [3.8, 4) is 0 Å². The van der Waals surface area contributed by atoms with Crippen LogP contribution in [0.2, 0.25) is 0 Å². The van der Waals surface area contributed by atoms with Crippen molar-refractivity contribution in [2.45, 2.75) is 24.9 Å². The molecule has 0 saturated carbocycles. The van der Waals surface area contributed by atoms with Gasteiger partial charge in [0.15, 0.2) is 0 Å². The zero-order valence-corrected chi connectivity index (χ0v) is 14.5. The fourth-order valence-electron chi connectivity index (χ4n) is 2.30. The van der Waals surface area contributed by atoms with Gasteiger partial charge in [-0.2, -0.15) is 17.5 Å². The normalized spacial score (nSPS) is 12.4. The Labute approximate surface area is 144 Å². The highest BCUT2D eigenvalue weighted by atomic mass is 32.2. The number of rotatable bonds is 6. The van der Waals surface area contributed by atoms with Gasteiger partial charge in [0.2, 0.25) is 10.0 Å². The first kappa shape index (κ1) is 19.2. The molecule has 0 bridgehead atoms. The van der Waals surface area contributed by atoms with E-state index in [4.69, 9.17) is 0 Å². The standard InChI is InChI=1S/C16H18F3N3O2S/c1-3-22(4-2)25(23,24)12-9-10-15(20-11-12)21-14-8-6-5-7-13(14)16(17,18)19/h5-11H,3-4H2,1-2H3,(H,20,21). The molecule has 0 spiro atoms. The monoisotopic (exact) mass is 373 g/mol. The van der Waals surface area contributed by atoms with Crippen molar-refractivity contribution in [2.24, 2.45) is 0 Å². The molecule has 9 heteroatoms. The molecule has 0 aliphatic carbocycles. The Morgan fingerprint density at radius 3 is 2.24 bits per heavy atom. The summed E-state index contributed by atoms with van der Waals surface area (Å²) in [5.41, 5.74) is -0.974. The van der Waals surface area contributed by atoms with Crippen molar-refractivity contribution in [3.05, 3.63) is 48.2 Å². The molecule has 1 aromatic carbocycles. The number of alkyl halides is 3. The van der Waals surface area contributed by atoms with Crippen LogP contribution >= 0.6 is 0 Å². The zero-order chi connectivity index (χ0) is 18.7.